The number of unbranched alkanes of at least 4 members (excludes halogenated alkanes) is 2. The lowest BCUT2D eigenvalue weighted by Crippen LogP contribution is -2.19. The van der Waals surface area contributed by atoms with E-state index in [1.807, 2.05) is 6.08 Å². The van der Waals surface area contributed by atoms with E-state index in [-0.39, 0.29) is 11.1 Å². The molecule has 1 fully saturated rings. The Morgan fingerprint density at radius 1 is 0.865 bits per heavy atom. The van der Waals surface area contributed by atoms with E-state index in [4.69, 9.17) is 0 Å². The molecule has 2 aromatic carbocycles. The number of alkyl halides is 3. The predicted molar refractivity (Wildman–Crippen MR) is 134 cm³/mol. The van der Waals surface area contributed by atoms with E-state index in [2.05, 4.69) is 11.7 Å². The van der Waals surface area contributed by atoms with Gasteiger partial charge in [-0.2, -0.15) is 0 Å². The summed E-state index contributed by atoms with van der Waals surface area (Å²) in [6, 6.07) is 4.46. The average molecular weight is 525 g/mol. The molecule has 2 aliphatic rings. The molecule has 1 saturated carbocycles. The molecule has 4 rings (SSSR count). The molecular formula is C30H34F6O. The highest BCUT2D eigenvalue weighted by molar-refractivity contribution is 5.71. The van der Waals surface area contributed by atoms with Gasteiger partial charge in [-0.3, -0.25) is 0 Å². The second kappa shape index (κ2) is 12.0. The Labute approximate surface area is 214 Å². The summed E-state index contributed by atoms with van der Waals surface area (Å²) < 4.78 is 84.4. The first kappa shape index (κ1) is 27.6. The van der Waals surface area contributed by atoms with E-state index in [1.165, 1.54) is 63.0 Å². The van der Waals surface area contributed by atoms with Crippen LogP contribution in [0.3, 0.4) is 0 Å². The minimum absolute atomic E-state index is 0.0531. The van der Waals surface area contributed by atoms with Crippen molar-refractivity contribution in [2.24, 2.45) is 11.8 Å². The summed E-state index contributed by atoms with van der Waals surface area (Å²) in [6.07, 6.45) is 10.7. The van der Waals surface area contributed by atoms with Gasteiger partial charge < -0.3 is 4.74 Å². The van der Waals surface area contributed by atoms with E-state index < -0.39 is 29.6 Å². The molecule has 0 atom stereocenters. The number of hydrogen-bond donors (Lipinski definition) is 0. The molecular weight excluding hydrogens is 490 g/mol. The summed E-state index contributed by atoms with van der Waals surface area (Å²) >= 11 is 0. The molecule has 0 radical (unpaired) electrons. The molecule has 1 nitrogen and oxygen atoms in total. The lowest BCUT2D eigenvalue weighted by atomic mass is 9.77. The van der Waals surface area contributed by atoms with Gasteiger partial charge in [0, 0.05) is 5.56 Å². The van der Waals surface area contributed by atoms with E-state index in [1.54, 1.807) is 6.07 Å². The van der Waals surface area contributed by atoms with Crippen molar-refractivity contribution >= 4 is 6.08 Å². The fraction of sp³-hybridized carbons (Fsp3) is 0.533. The van der Waals surface area contributed by atoms with Gasteiger partial charge in [0.15, 0.2) is 11.6 Å². The summed E-state index contributed by atoms with van der Waals surface area (Å²) in [4.78, 5) is 0. The molecule has 0 amide bonds. The maximum atomic E-state index is 15.3. The monoisotopic (exact) mass is 524 g/mol. The van der Waals surface area contributed by atoms with Gasteiger partial charge in [0.1, 0.15) is 5.82 Å². The number of benzene rings is 2. The lowest BCUT2D eigenvalue weighted by molar-refractivity contribution is -0.276. The van der Waals surface area contributed by atoms with Crippen molar-refractivity contribution in [2.75, 3.05) is 0 Å². The van der Waals surface area contributed by atoms with Crippen molar-refractivity contribution < 1.29 is 31.1 Å². The highest BCUT2D eigenvalue weighted by atomic mass is 19.4. The van der Waals surface area contributed by atoms with Crippen LogP contribution in [0, 0.1) is 29.3 Å². The van der Waals surface area contributed by atoms with Gasteiger partial charge in [-0.1, -0.05) is 82.1 Å². The molecule has 0 spiro atoms. The Balaban J connectivity index is 1.40. The molecule has 0 saturated heterocycles. The van der Waals surface area contributed by atoms with Crippen LogP contribution >= 0.6 is 0 Å². The Hall–Kier alpha value is -2.44. The SMILES string of the molecule is CCCCCC1CCC(CCC2=Cc3ccc(-c4cc(F)c(OC(F)(F)F)c(F)c4)c(F)c3CC2)CC1. The summed E-state index contributed by atoms with van der Waals surface area (Å²) in [7, 11) is 0. The average Bonchev–Trinajstić information content (AvgIpc) is 2.85. The van der Waals surface area contributed by atoms with Crippen molar-refractivity contribution in [2.45, 2.75) is 90.3 Å². The van der Waals surface area contributed by atoms with Gasteiger partial charge in [-0.25, -0.2) is 13.2 Å². The van der Waals surface area contributed by atoms with Gasteiger partial charge >= 0.3 is 6.36 Å². The van der Waals surface area contributed by atoms with E-state index in [0.717, 1.165) is 36.7 Å². The molecule has 2 aliphatic carbocycles. The first-order valence-electron chi connectivity index (χ1n) is 13.4. The lowest BCUT2D eigenvalue weighted by Gasteiger charge is -2.29. The third-order valence-electron chi connectivity index (χ3n) is 7.92. The zero-order chi connectivity index (χ0) is 26.6. The molecule has 0 unspecified atom stereocenters. The van der Waals surface area contributed by atoms with Crippen molar-refractivity contribution in [3.8, 4) is 16.9 Å². The molecule has 202 valence electrons. The van der Waals surface area contributed by atoms with E-state index in [9.17, 15) is 22.0 Å². The smallest absolute Gasteiger partial charge is 0.399 e. The predicted octanol–water partition coefficient (Wildman–Crippen LogP) is 10.2. The summed E-state index contributed by atoms with van der Waals surface area (Å²) in [5, 5.41) is 0. The molecule has 0 aliphatic heterocycles. The topological polar surface area (TPSA) is 9.23 Å². The highest BCUT2D eigenvalue weighted by Gasteiger charge is 2.34. The minimum Gasteiger partial charge on any atom is -0.399 e. The highest BCUT2D eigenvalue weighted by Crippen LogP contribution is 2.39. The molecule has 0 heterocycles. The van der Waals surface area contributed by atoms with Crippen molar-refractivity contribution in [3.05, 3.63) is 58.4 Å². The van der Waals surface area contributed by atoms with Crippen LogP contribution in [-0.2, 0) is 6.42 Å². The van der Waals surface area contributed by atoms with Gasteiger partial charge in [0.2, 0.25) is 5.75 Å². The van der Waals surface area contributed by atoms with Gasteiger partial charge in [-0.15, -0.1) is 13.2 Å². The second-order valence-corrected chi connectivity index (χ2v) is 10.5. The Bertz CT molecular complexity index is 1090. The standard InChI is InChI=1S/C30H34F6O/c1-2-3-4-5-19-6-8-20(9-7-19)10-11-21-12-14-24-22(16-21)13-15-25(28(24)33)23-17-26(31)29(27(32)18-23)37-30(34,35)36/h13,15-20H,2-12,14H2,1H3. The number of allylic oxidation sites excluding steroid dienone is 1. The molecule has 0 N–H and O–H groups in total. The van der Waals surface area contributed by atoms with Crippen LogP contribution in [0.1, 0.15) is 88.7 Å². The first-order valence-corrected chi connectivity index (χ1v) is 13.4. The fourth-order valence-corrected chi connectivity index (χ4v) is 5.83. The Morgan fingerprint density at radius 3 is 2.14 bits per heavy atom. The Morgan fingerprint density at radius 2 is 1.51 bits per heavy atom. The summed E-state index contributed by atoms with van der Waals surface area (Å²) in [5.74, 6) is -3.60. The maximum absolute atomic E-state index is 15.3. The molecule has 7 heteroatoms. The fourth-order valence-electron chi connectivity index (χ4n) is 5.83. The zero-order valence-electron chi connectivity index (χ0n) is 21.2. The Kier molecular flexibility index (Phi) is 8.91. The van der Waals surface area contributed by atoms with Gasteiger partial charge in [0.25, 0.3) is 0 Å². The summed E-state index contributed by atoms with van der Waals surface area (Å²) in [5.41, 5.74) is 2.27. The molecule has 0 bridgehead atoms. The van der Waals surface area contributed by atoms with Crippen LogP contribution in [-0.4, -0.2) is 6.36 Å². The van der Waals surface area contributed by atoms with E-state index in [0.29, 0.717) is 24.1 Å². The molecule has 2 aromatic rings. The zero-order valence-corrected chi connectivity index (χ0v) is 21.2. The molecule has 37 heavy (non-hydrogen) atoms. The normalized spacial score (nSPS) is 19.9. The molecule has 0 aromatic heterocycles. The largest absolute Gasteiger partial charge is 0.573 e. The van der Waals surface area contributed by atoms with Crippen LogP contribution in [0.5, 0.6) is 5.75 Å². The number of fused-ring (bicyclic) bond motifs is 1. The van der Waals surface area contributed by atoms with Gasteiger partial charge in [0.05, 0.1) is 0 Å². The van der Waals surface area contributed by atoms with Crippen LogP contribution in [0.25, 0.3) is 17.2 Å². The third-order valence-corrected chi connectivity index (χ3v) is 7.92. The third kappa shape index (κ3) is 7.11. The van der Waals surface area contributed by atoms with Crippen LogP contribution in [0.15, 0.2) is 29.8 Å². The van der Waals surface area contributed by atoms with E-state index >= 15 is 4.39 Å². The van der Waals surface area contributed by atoms with Crippen LogP contribution in [0.4, 0.5) is 26.3 Å². The first-order chi connectivity index (χ1) is 17.6. The maximum Gasteiger partial charge on any atom is 0.573 e. The number of ether oxygens (including phenoxy) is 1. The quantitative estimate of drug-likeness (QED) is 0.234. The summed E-state index contributed by atoms with van der Waals surface area (Å²) in [6.45, 7) is 2.24. The van der Waals surface area contributed by atoms with Crippen molar-refractivity contribution in [1.82, 2.24) is 0 Å². The van der Waals surface area contributed by atoms with Crippen LogP contribution < -0.4 is 4.74 Å². The van der Waals surface area contributed by atoms with Crippen LogP contribution in [0.2, 0.25) is 0 Å². The van der Waals surface area contributed by atoms with Crippen molar-refractivity contribution in [3.63, 3.8) is 0 Å². The van der Waals surface area contributed by atoms with Crippen molar-refractivity contribution in [1.29, 1.82) is 0 Å². The van der Waals surface area contributed by atoms with Gasteiger partial charge in [-0.05, 0) is 66.3 Å². The minimum atomic E-state index is -5.24. The number of rotatable bonds is 9. The number of halogens is 6. The second-order valence-electron chi connectivity index (χ2n) is 10.5. The number of hydrogen-bond acceptors (Lipinski definition) is 1.